The first-order chi connectivity index (χ1) is 11.0. The first-order valence-corrected chi connectivity index (χ1v) is 7.68. The molecule has 1 atom stereocenters. The molecule has 0 aliphatic heterocycles. The van der Waals surface area contributed by atoms with Crippen LogP contribution in [0.4, 0.5) is 5.69 Å². The van der Waals surface area contributed by atoms with Gasteiger partial charge in [-0.15, -0.1) is 0 Å². The number of rotatable bonds is 2. The van der Waals surface area contributed by atoms with E-state index in [2.05, 4.69) is 10.3 Å². The van der Waals surface area contributed by atoms with Gasteiger partial charge in [-0.25, -0.2) is 0 Å². The monoisotopic (exact) mass is 330 g/mol. The molecule has 6 heteroatoms. The number of para-hydroxylation sites is 1. The van der Waals surface area contributed by atoms with Crippen molar-refractivity contribution in [3.05, 3.63) is 62.5 Å². The van der Waals surface area contributed by atoms with Crippen molar-refractivity contribution in [3.8, 4) is 0 Å². The highest BCUT2D eigenvalue weighted by Gasteiger charge is 2.25. The zero-order valence-corrected chi connectivity index (χ0v) is 13.2. The number of benzene rings is 1. The molecule has 2 aromatic rings. The van der Waals surface area contributed by atoms with Crippen molar-refractivity contribution in [2.45, 2.75) is 19.8 Å². The van der Waals surface area contributed by atoms with E-state index in [9.17, 15) is 14.4 Å². The number of ketones is 1. The highest BCUT2D eigenvalue weighted by atomic mass is 35.5. The Morgan fingerprint density at radius 3 is 2.74 bits per heavy atom. The summed E-state index contributed by atoms with van der Waals surface area (Å²) < 4.78 is 0. The summed E-state index contributed by atoms with van der Waals surface area (Å²) in [6, 6.07) is 8.13. The van der Waals surface area contributed by atoms with E-state index in [1.165, 1.54) is 6.07 Å². The van der Waals surface area contributed by atoms with Crippen LogP contribution in [0.5, 0.6) is 0 Å². The van der Waals surface area contributed by atoms with Gasteiger partial charge in [0.1, 0.15) is 5.56 Å². The summed E-state index contributed by atoms with van der Waals surface area (Å²) >= 11 is 6.00. The minimum absolute atomic E-state index is 0.0539. The number of amides is 1. The van der Waals surface area contributed by atoms with Crippen LogP contribution in [0, 0.1) is 5.92 Å². The summed E-state index contributed by atoms with van der Waals surface area (Å²) in [6.07, 6.45) is 1.05. The molecular formula is C17H15ClN2O3. The van der Waals surface area contributed by atoms with E-state index in [1.807, 2.05) is 6.92 Å². The number of anilines is 1. The fourth-order valence-corrected chi connectivity index (χ4v) is 2.93. The lowest BCUT2D eigenvalue weighted by molar-refractivity contribution is 0.0952. The molecule has 2 N–H and O–H groups in total. The van der Waals surface area contributed by atoms with Gasteiger partial charge in [0.15, 0.2) is 5.78 Å². The predicted molar refractivity (Wildman–Crippen MR) is 88.3 cm³/mol. The molecule has 0 spiro atoms. The number of carbonyl (C=O) groups is 2. The lowest BCUT2D eigenvalue weighted by Gasteiger charge is -2.20. The van der Waals surface area contributed by atoms with Crippen molar-refractivity contribution < 1.29 is 9.59 Å². The van der Waals surface area contributed by atoms with Crippen molar-refractivity contribution in [3.63, 3.8) is 0 Å². The summed E-state index contributed by atoms with van der Waals surface area (Å²) in [5.74, 6) is -0.455. The summed E-state index contributed by atoms with van der Waals surface area (Å²) in [7, 11) is 0. The number of carbonyl (C=O) groups excluding carboxylic acids is 2. The van der Waals surface area contributed by atoms with Crippen LogP contribution in [-0.2, 0) is 6.42 Å². The Kier molecular flexibility index (Phi) is 4.05. The molecule has 118 valence electrons. The number of hydrogen-bond acceptors (Lipinski definition) is 3. The lowest BCUT2D eigenvalue weighted by Crippen LogP contribution is -2.29. The number of nitrogens with one attached hydrogen (secondary N) is 2. The number of pyridine rings is 1. The second-order valence-electron chi connectivity index (χ2n) is 5.77. The molecule has 1 aromatic heterocycles. The van der Waals surface area contributed by atoms with Gasteiger partial charge in [0.25, 0.3) is 11.5 Å². The van der Waals surface area contributed by atoms with Gasteiger partial charge in [-0.2, -0.15) is 0 Å². The largest absolute Gasteiger partial charge is 0.325 e. The van der Waals surface area contributed by atoms with Crippen molar-refractivity contribution in [1.29, 1.82) is 0 Å². The molecule has 1 aromatic carbocycles. The van der Waals surface area contributed by atoms with Crippen molar-refractivity contribution in [2.75, 3.05) is 5.32 Å². The molecular weight excluding hydrogens is 316 g/mol. The van der Waals surface area contributed by atoms with Gasteiger partial charge < -0.3 is 10.3 Å². The maximum atomic E-state index is 12.3. The Hall–Kier alpha value is -2.40. The van der Waals surface area contributed by atoms with Crippen LogP contribution in [0.15, 0.2) is 35.1 Å². The highest BCUT2D eigenvalue weighted by molar-refractivity contribution is 6.33. The predicted octanol–water partition coefficient (Wildman–Crippen LogP) is 3.05. The van der Waals surface area contributed by atoms with Crippen molar-refractivity contribution >= 4 is 29.0 Å². The molecule has 1 aliphatic carbocycles. The summed E-state index contributed by atoms with van der Waals surface area (Å²) in [4.78, 5) is 39.3. The number of aromatic nitrogens is 1. The smallest absolute Gasteiger partial charge is 0.261 e. The zero-order chi connectivity index (χ0) is 16.6. The number of aromatic amines is 1. The average Bonchev–Trinajstić information content (AvgIpc) is 2.48. The number of Topliss-reactive ketones (excluding diaryl/α,β-unsaturated/α-hetero) is 1. The van der Waals surface area contributed by atoms with E-state index >= 15 is 0 Å². The molecule has 1 amide bonds. The van der Waals surface area contributed by atoms with Crippen LogP contribution in [0.2, 0.25) is 5.02 Å². The van der Waals surface area contributed by atoms with Gasteiger partial charge >= 0.3 is 0 Å². The summed E-state index contributed by atoms with van der Waals surface area (Å²) in [6.45, 7) is 1.96. The maximum Gasteiger partial charge on any atom is 0.261 e. The molecule has 3 rings (SSSR count). The van der Waals surface area contributed by atoms with E-state index in [0.717, 1.165) is 0 Å². The maximum absolute atomic E-state index is 12.3. The van der Waals surface area contributed by atoms with Crippen molar-refractivity contribution in [2.24, 2.45) is 5.92 Å². The van der Waals surface area contributed by atoms with Crippen LogP contribution in [0.3, 0.4) is 0 Å². The lowest BCUT2D eigenvalue weighted by atomic mass is 9.86. The summed E-state index contributed by atoms with van der Waals surface area (Å²) in [5, 5.41) is 2.97. The molecule has 1 unspecified atom stereocenters. The Labute approximate surface area is 137 Å². The van der Waals surface area contributed by atoms with Gasteiger partial charge in [-0.3, -0.25) is 14.4 Å². The molecule has 1 aliphatic rings. The topological polar surface area (TPSA) is 79.0 Å². The molecule has 0 saturated heterocycles. The standard InChI is InChI=1S/C17H15ClN2O3/c1-9-6-14-10(15(21)7-9)8-11(17(23)20-14)16(22)19-13-5-3-2-4-12(13)18/h2-5,8-9H,6-7H2,1H3,(H,19,22)(H,20,23). The normalized spacial score (nSPS) is 16.8. The Bertz CT molecular complexity index is 857. The second kappa shape index (κ2) is 6.01. The zero-order valence-electron chi connectivity index (χ0n) is 12.5. The first kappa shape index (κ1) is 15.5. The van der Waals surface area contributed by atoms with Gasteiger partial charge in [-0.1, -0.05) is 30.7 Å². The summed E-state index contributed by atoms with van der Waals surface area (Å²) in [5.41, 5.74) is 0.845. The fourth-order valence-electron chi connectivity index (χ4n) is 2.75. The van der Waals surface area contributed by atoms with Crippen LogP contribution < -0.4 is 10.9 Å². The third-order valence-electron chi connectivity index (χ3n) is 3.88. The van der Waals surface area contributed by atoms with E-state index < -0.39 is 11.5 Å². The number of halogens is 1. The number of hydrogen-bond donors (Lipinski definition) is 2. The fraction of sp³-hybridized carbons (Fsp3) is 0.235. The number of fused-ring (bicyclic) bond motifs is 1. The Balaban J connectivity index is 1.96. The minimum Gasteiger partial charge on any atom is -0.325 e. The molecule has 0 saturated carbocycles. The van der Waals surface area contributed by atoms with Crippen LogP contribution >= 0.6 is 11.6 Å². The number of H-pyrrole nitrogens is 1. The van der Waals surface area contributed by atoms with E-state index in [0.29, 0.717) is 34.8 Å². The SMILES string of the molecule is CC1CC(=O)c2cc(C(=O)Nc3ccccc3Cl)c(=O)[nH]c2C1. The van der Waals surface area contributed by atoms with E-state index in [-0.39, 0.29) is 17.3 Å². The van der Waals surface area contributed by atoms with Crippen LogP contribution in [-0.4, -0.2) is 16.7 Å². The third kappa shape index (κ3) is 3.05. The molecule has 0 fully saturated rings. The van der Waals surface area contributed by atoms with Gasteiger partial charge in [0.05, 0.1) is 10.7 Å². The Morgan fingerprint density at radius 1 is 1.26 bits per heavy atom. The van der Waals surface area contributed by atoms with Gasteiger partial charge in [0.2, 0.25) is 0 Å². The van der Waals surface area contributed by atoms with Crippen LogP contribution in [0.1, 0.15) is 39.8 Å². The molecule has 0 radical (unpaired) electrons. The molecule has 0 bridgehead atoms. The van der Waals surface area contributed by atoms with Gasteiger partial charge in [0, 0.05) is 17.7 Å². The van der Waals surface area contributed by atoms with Crippen LogP contribution in [0.25, 0.3) is 0 Å². The molecule has 1 heterocycles. The van der Waals surface area contributed by atoms with E-state index in [1.54, 1.807) is 24.3 Å². The highest BCUT2D eigenvalue weighted by Crippen LogP contribution is 2.24. The first-order valence-electron chi connectivity index (χ1n) is 7.31. The molecule has 5 nitrogen and oxygen atoms in total. The van der Waals surface area contributed by atoms with Gasteiger partial charge in [-0.05, 0) is 30.5 Å². The average molecular weight is 331 g/mol. The quantitative estimate of drug-likeness (QED) is 0.888. The Morgan fingerprint density at radius 2 is 2.00 bits per heavy atom. The third-order valence-corrected chi connectivity index (χ3v) is 4.21. The molecule has 23 heavy (non-hydrogen) atoms. The van der Waals surface area contributed by atoms with E-state index in [4.69, 9.17) is 11.6 Å². The van der Waals surface area contributed by atoms with Crippen molar-refractivity contribution in [1.82, 2.24) is 4.98 Å². The second-order valence-corrected chi connectivity index (χ2v) is 6.18. The minimum atomic E-state index is -0.589.